The van der Waals surface area contributed by atoms with Gasteiger partial charge in [-0.1, -0.05) is 43.1 Å². The van der Waals surface area contributed by atoms with Crippen molar-refractivity contribution in [1.82, 2.24) is 5.32 Å². The van der Waals surface area contributed by atoms with Crippen LogP contribution in [0.5, 0.6) is 0 Å². The van der Waals surface area contributed by atoms with Gasteiger partial charge in [-0.05, 0) is 24.1 Å². The summed E-state index contributed by atoms with van der Waals surface area (Å²) >= 11 is 6.00. The number of carbonyl (C=O) groups excluding carboxylic acids is 1. The first-order valence-corrected chi connectivity index (χ1v) is 6.25. The van der Waals surface area contributed by atoms with Crippen LogP contribution in [0.15, 0.2) is 24.3 Å². The SMILES string of the molecule is CCC(CN)CC(=O)NCc1ccccc1Cl. The van der Waals surface area contributed by atoms with Crippen molar-refractivity contribution < 1.29 is 4.79 Å². The van der Waals surface area contributed by atoms with E-state index in [9.17, 15) is 4.79 Å². The van der Waals surface area contributed by atoms with Crippen molar-refractivity contribution in [2.75, 3.05) is 6.54 Å². The topological polar surface area (TPSA) is 55.1 Å². The minimum absolute atomic E-state index is 0.0298. The normalized spacial score (nSPS) is 12.2. The molecule has 17 heavy (non-hydrogen) atoms. The lowest BCUT2D eigenvalue weighted by Gasteiger charge is -2.12. The molecule has 0 heterocycles. The van der Waals surface area contributed by atoms with Crippen molar-refractivity contribution in [1.29, 1.82) is 0 Å². The van der Waals surface area contributed by atoms with Gasteiger partial charge >= 0.3 is 0 Å². The summed E-state index contributed by atoms with van der Waals surface area (Å²) < 4.78 is 0. The third-order valence-electron chi connectivity index (χ3n) is 2.82. The molecule has 0 saturated heterocycles. The predicted octanol–water partition coefficient (Wildman–Crippen LogP) is 2.33. The van der Waals surface area contributed by atoms with Gasteiger partial charge in [-0.15, -0.1) is 0 Å². The molecule has 3 nitrogen and oxygen atoms in total. The molecule has 4 heteroatoms. The highest BCUT2D eigenvalue weighted by atomic mass is 35.5. The maximum absolute atomic E-state index is 11.6. The molecule has 0 aromatic heterocycles. The summed E-state index contributed by atoms with van der Waals surface area (Å²) in [5.41, 5.74) is 6.50. The van der Waals surface area contributed by atoms with E-state index in [2.05, 4.69) is 5.32 Å². The van der Waals surface area contributed by atoms with Gasteiger partial charge in [0.1, 0.15) is 0 Å². The maximum atomic E-state index is 11.6. The van der Waals surface area contributed by atoms with E-state index >= 15 is 0 Å². The van der Waals surface area contributed by atoms with Crippen molar-refractivity contribution in [2.45, 2.75) is 26.3 Å². The van der Waals surface area contributed by atoms with E-state index in [0.29, 0.717) is 24.5 Å². The standard InChI is InChI=1S/C13H19ClN2O/c1-2-10(8-15)7-13(17)16-9-11-5-3-4-6-12(11)14/h3-6,10H,2,7-9,15H2,1H3,(H,16,17). The van der Waals surface area contributed by atoms with E-state index in [4.69, 9.17) is 17.3 Å². The first kappa shape index (κ1) is 14.0. The molecule has 3 N–H and O–H groups in total. The number of halogens is 1. The fourth-order valence-corrected chi connectivity index (χ4v) is 1.77. The quantitative estimate of drug-likeness (QED) is 0.819. The molecule has 0 saturated carbocycles. The molecule has 0 aliphatic carbocycles. The Hall–Kier alpha value is -1.06. The van der Waals surface area contributed by atoms with Gasteiger partial charge in [0.05, 0.1) is 0 Å². The highest BCUT2D eigenvalue weighted by Gasteiger charge is 2.10. The van der Waals surface area contributed by atoms with Gasteiger partial charge in [0, 0.05) is 18.0 Å². The number of hydrogen-bond donors (Lipinski definition) is 2. The monoisotopic (exact) mass is 254 g/mol. The fourth-order valence-electron chi connectivity index (χ4n) is 1.56. The average molecular weight is 255 g/mol. The fraction of sp³-hybridized carbons (Fsp3) is 0.462. The largest absolute Gasteiger partial charge is 0.352 e. The van der Waals surface area contributed by atoms with Crippen LogP contribution in [0, 0.1) is 5.92 Å². The molecule has 1 amide bonds. The lowest BCUT2D eigenvalue weighted by Crippen LogP contribution is -2.27. The van der Waals surface area contributed by atoms with Crippen molar-refractivity contribution in [3.63, 3.8) is 0 Å². The third kappa shape index (κ3) is 4.75. The molecule has 0 fully saturated rings. The van der Waals surface area contributed by atoms with E-state index in [1.54, 1.807) is 0 Å². The Bertz CT molecular complexity index is 364. The van der Waals surface area contributed by atoms with Gasteiger partial charge in [0.25, 0.3) is 0 Å². The number of rotatable bonds is 6. The van der Waals surface area contributed by atoms with Crippen LogP contribution in [0.25, 0.3) is 0 Å². The molecule has 0 bridgehead atoms. The van der Waals surface area contributed by atoms with Gasteiger partial charge in [-0.2, -0.15) is 0 Å². The Labute approximate surface area is 107 Å². The Morgan fingerprint density at radius 2 is 2.18 bits per heavy atom. The summed E-state index contributed by atoms with van der Waals surface area (Å²) in [6, 6.07) is 7.50. The molecule has 1 rings (SSSR count). The van der Waals surface area contributed by atoms with Crippen LogP contribution >= 0.6 is 11.6 Å². The summed E-state index contributed by atoms with van der Waals surface area (Å²) in [6.45, 7) is 3.06. The second kappa shape index (κ2) is 7.30. The summed E-state index contributed by atoms with van der Waals surface area (Å²) in [5, 5.41) is 3.54. The summed E-state index contributed by atoms with van der Waals surface area (Å²) in [4.78, 5) is 11.6. The van der Waals surface area contributed by atoms with E-state index < -0.39 is 0 Å². The first-order valence-electron chi connectivity index (χ1n) is 5.87. The van der Waals surface area contributed by atoms with Crippen LogP contribution in [-0.2, 0) is 11.3 Å². The number of amides is 1. The van der Waals surface area contributed by atoms with Gasteiger partial charge in [-0.3, -0.25) is 4.79 Å². The Morgan fingerprint density at radius 3 is 2.76 bits per heavy atom. The lowest BCUT2D eigenvalue weighted by molar-refractivity contribution is -0.122. The number of nitrogens with one attached hydrogen (secondary N) is 1. The zero-order chi connectivity index (χ0) is 12.7. The molecule has 0 radical (unpaired) electrons. The van der Waals surface area contributed by atoms with E-state index in [0.717, 1.165) is 12.0 Å². The molecule has 1 aromatic carbocycles. The average Bonchev–Trinajstić information content (AvgIpc) is 2.35. The van der Waals surface area contributed by atoms with Crippen molar-refractivity contribution in [2.24, 2.45) is 11.7 Å². The van der Waals surface area contributed by atoms with Crippen LogP contribution in [0.3, 0.4) is 0 Å². The van der Waals surface area contributed by atoms with Crippen molar-refractivity contribution in [3.05, 3.63) is 34.9 Å². The molecular formula is C13H19ClN2O. The summed E-state index contributed by atoms with van der Waals surface area (Å²) in [5.74, 6) is 0.295. The van der Waals surface area contributed by atoms with Crippen molar-refractivity contribution in [3.8, 4) is 0 Å². The summed E-state index contributed by atoms with van der Waals surface area (Å²) in [7, 11) is 0. The van der Waals surface area contributed by atoms with E-state index in [1.807, 2.05) is 31.2 Å². The zero-order valence-corrected chi connectivity index (χ0v) is 10.8. The molecule has 0 spiro atoms. The molecule has 1 atom stereocenters. The van der Waals surface area contributed by atoms with E-state index in [-0.39, 0.29) is 11.8 Å². The highest BCUT2D eigenvalue weighted by molar-refractivity contribution is 6.31. The second-order valence-corrected chi connectivity index (χ2v) is 4.49. The lowest BCUT2D eigenvalue weighted by atomic mass is 10.0. The van der Waals surface area contributed by atoms with Gasteiger partial charge in [-0.25, -0.2) is 0 Å². The number of benzene rings is 1. The molecule has 0 aliphatic rings. The Morgan fingerprint density at radius 1 is 1.47 bits per heavy atom. The van der Waals surface area contributed by atoms with Crippen molar-refractivity contribution >= 4 is 17.5 Å². The minimum Gasteiger partial charge on any atom is -0.352 e. The minimum atomic E-state index is 0.0298. The predicted molar refractivity (Wildman–Crippen MR) is 70.8 cm³/mol. The van der Waals surface area contributed by atoms with Crippen LogP contribution in [0.1, 0.15) is 25.3 Å². The van der Waals surface area contributed by atoms with Gasteiger partial charge in [0.2, 0.25) is 5.91 Å². The van der Waals surface area contributed by atoms with Crippen LogP contribution in [0.4, 0.5) is 0 Å². The Kier molecular flexibility index (Phi) is 6.01. The van der Waals surface area contributed by atoms with Gasteiger partial charge in [0.15, 0.2) is 0 Å². The molecule has 0 aliphatic heterocycles. The summed E-state index contributed by atoms with van der Waals surface area (Å²) in [6.07, 6.45) is 1.41. The van der Waals surface area contributed by atoms with Crippen LogP contribution < -0.4 is 11.1 Å². The molecule has 1 aromatic rings. The highest BCUT2D eigenvalue weighted by Crippen LogP contribution is 2.14. The van der Waals surface area contributed by atoms with E-state index in [1.165, 1.54) is 0 Å². The molecule has 1 unspecified atom stereocenters. The molecular weight excluding hydrogens is 236 g/mol. The molecule has 94 valence electrons. The van der Waals surface area contributed by atoms with Crippen LogP contribution in [0.2, 0.25) is 5.02 Å². The van der Waals surface area contributed by atoms with Crippen LogP contribution in [-0.4, -0.2) is 12.5 Å². The first-order chi connectivity index (χ1) is 8.17. The smallest absolute Gasteiger partial charge is 0.220 e. The number of nitrogens with two attached hydrogens (primary N) is 1. The maximum Gasteiger partial charge on any atom is 0.220 e. The Balaban J connectivity index is 2.41. The number of carbonyl (C=O) groups is 1. The zero-order valence-electron chi connectivity index (χ0n) is 10.1. The number of hydrogen-bond acceptors (Lipinski definition) is 2. The third-order valence-corrected chi connectivity index (χ3v) is 3.19. The van der Waals surface area contributed by atoms with Gasteiger partial charge < -0.3 is 11.1 Å². The second-order valence-electron chi connectivity index (χ2n) is 4.08.